The molecule has 1 atom stereocenters. The summed E-state index contributed by atoms with van der Waals surface area (Å²) in [6.45, 7) is 2.08. The van der Waals surface area contributed by atoms with E-state index in [2.05, 4.69) is 12.2 Å². The first kappa shape index (κ1) is 15.8. The number of benzene rings is 1. The normalized spacial score (nSPS) is 12.1. The van der Waals surface area contributed by atoms with Crippen LogP contribution >= 0.6 is 11.6 Å². The van der Waals surface area contributed by atoms with Gasteiger partial charge >= 0.3 is 0 Å². The number of hydrogen-bond donors (Lipinski definition) is 2. The number of hydrogen-bond acceptors (Lipinski definition) is 3. The summed E-state index contributed by atoms with van der Waals surface area (Å²) in [5.74, 6) is -0.168. The maximum absolute atomic E-state index is 12.0. The molecule has 1 rings (SSSR count). The van der Waals surface area contributed by atoms with Crippen LogP contribution in [0.25, 0.3) is 0 Å². The summed E-state index contributed by atoms with van der Waals surface area (Å²) in [5, 5.41) is 3.44. The Morgan fingerprint density at radius 1 is 1.47 bits per heavy atom. The predicted octanol–water partition coefficient (Wildman–Crippen LogP) is 2.86. The fraction of sp³-hybridized carbons (Fsp3) is 0.500. The molecule has 1 aromatic rings. The monoisotopic (exact) mass is 283 g/mol. The third kappa shape index (κ3) is 4.73. The number of carbonyl (C=O) groups is 1. The van der Waals surface area contributed by atoms with E-state index in [1.807, 2.05) is 25.1 Å². The molecule has 5 heteroatoms. The lowest BCUT2D eigenvalue weighted by Crippen LogP contribution is -2.35. The lowest BCUT2D eigenvalue weighted by atomic mass is 10.1. The highest BCUT2D eigenvalue weighted by atomic mass is 35.5. The highest BCUT2D eigenvalue weighted by Crippen LogP contribution is 2.27. The van der Waals surface area contributed by atoms with Gasteiger partial charge in [-0.1, -0.05) is 31.4 Å². The van der Waals surface area contributed by atoms with Crippen LogP contribution in [0.3, 0.4) is 0 Å². The van der Waals surface area contributed by atoms with Crippen LogP contribution in [0.4, 0.5) is 11.4 Å². The van der Waals surface area contributed by atoms with Crippen molar-refractivity contribution in [1.29, 1.82) is 0 Å². The number of anilines is 2. The van der Waals surface area contributed by atoms with E-state index >= 15 is 0 Å². The smallest absolute Gasteiger partial charge is 0.241 e. The lowest BCUT2D eigenvalue weighted by molar-refractivity contribution is -0.117. The molecule has 0 aromatic heterocycles. The molecule has 19 heavy (non-hydrogen) atoms. The molecule has 0 aliphatic rings. The predicted molar refractivity (Wildman–Crippen MR) is 81.9 cm³/mol. The van der Waals surface area contributed by atoms with Crippen LogP contribution in [0.15, 0.2) is 18.2 Å². The second-order valence-corrected chi connectivity index (χ2v) is 5.23. The second kappa shape index (κ2) is 7.36. The molecule has 0 aliphatic heterocycles. The van der Waals surface area contributed by atoms with Gasteiger partial charge < -0.3 is 16.0 Å². The van der Waals surface area contributed by atoms with E-state index in [0.717, 1.165) is 18.5 Å². The Hall–Kier alpha value is -1.26. The van der Waals surface area contributed by atoms with Crippen molar-refractivity contribution in [3.63, 3.8) is 0 Å². The number of unbranched alkanes of at least 4 members (excludes halogenated alkanes) is 1. The fourth-order valence-corrected chi connectivity index (χ4v) is 1.95. The largest absolute Gasteiger partial charge is 0.376 e. The van der Waals surface area contributed by atoms with E-state index < -0.39 is 6.04 Å². The molecule has 1 aromatic carbocycles. The van der Waals surface area contributed by atoms with Crippen molar-refractivity contribution in [1.82, 2.24) is 0 Å². The number of nitrogens with two attached hydrogens (primary N) is 1. The molecule has 106 valence electrons. The maximum atomic E-state index is 12.0. The van der Waals surface area contributed by atoms with Gasteiger partial charge in [0, 0.05) is 19.1 Å². The minimum atomic E-state index is -0.478. The molecule has 1 amide bonds. The van der Waals surface area contributed by atoms with Crippen LogP contribution in [0.5, 0.6) is 0 Å². The van der Waals surface area contributed by atoms with Crippen LogP contribution < -0.4 is 16.0 Å². The van der Waals surface area contributed by atoms with Crippen molar-refractivity contribution in [2.24, 2.45) is 5.73 Å². The zero-order valence-corrected chi connectivity index (χ0v) is 12.5. The zero-order valence-electron chi connectivity index (χ0n) is 11.7. The van der Waals surface area contributed by atoms with Gasteiger partial charge in [0.25, 0.3) is 0 Å². The van der Waals surface area contributed by atoms with Gasteiger partial charge in [-0.05, 0) is 24.6 Å². The van der Waals surface area contributed by atoms with Crippen molar-refractivity contribution < 1.29 is 4.79 Å². The van der Waals surface area contributed by atoms with Crippen LogP contribution in [0.2, 0.25) is 5.02 Å². The van der Waals surface area contributed by atoms with Gasteiger partial charge in [0.15, 0.2) is 0 Å². The van der Waals surface area contributed by atoms with E-state index in [9.17, 15) is 4.79 Å². The summed E-state index contributed by atoms with van der Waals surface area (Å²) < 4.78 is 0. The van der Waals surface area contributed by atoms with Gasteiger partial charge in [-0.25, -0.2) is 0 Å². The topological polar surface area (TPSA) is 58.4 Å². The van der Waals surface area contributed by atoms with Gasteiger partial charge in [-0.3, -0.25) is 4.79 Å². The third-order valence-corrected chi connectivity index (χ3v) is 3.14. The summed E-state index contributed by atoms with van der Waals surface area (Å²) in [6, 6.07) is 4.93. The fourth-order valence-electron chi connectivity index (χ4n) is 1.78. The summed E-state index contributed by atoms with van der Waals surface area (Å²) in [5.41, 5.74) is 7.45. The van der Waals surface area contributed by atoms with E-state index in [-0.39, 0.29) is 5.91 Å². The van der Waals surface area contributed by atoms with Gasteiger partial charge in [-0.2, -0.15) is 0 Å². The van der Waals surface area contributed by atoms with E-state index in [0.29, 0.717) is 17.1 Å². The second-order valence-electron chi connectivity index (χ2n) is 4.79. The molecule has 0 bridgehead atoms. The molecule has 0 fully saturated rings. The first-order valence-corrected chi connectivity index (χ1v) is 6.86. The van der Waals surface area contributed by atoms with Crippen LogP contribution in [0.1, 0.15) is 26.2 Å². The van der Waals surface area contributed by atoms with Crippen LogP contribution in [0, 0.1) is 0 Å². The number of nitrogens with zero attached hydrogens (tertiary/aromatic N) is 1. The average molecular weight is 284 g/mol. The molecule has 0 aliphatic carbocycles. The summed E-state index contributed by atoms with van der Waals surface area (Å²) in [7, 11) is 3.83. The first-order valence-electron chi connectivity index (χ1n) is 6.49. The number of nitrogens with one attached hydrogen (secondary N) is 1. The maximum Gasteiger partial charge on any atom is 0.241 e. The SMILES string of the molecule is CCCC[C@H](N)C(=O)Nc1cc(Cl)ccc1N(C)C. The van der Waals surface area contributed by atoms with Crippen LogP contribution in [-0.4, -0.2) is 26.0 Å². The van der Waals surface area contributed by atoms with Crippen molar-refractivity contribution in [3.05, 3.63) is 23.2 Å². The van der Waals surface area contributed by atoms with Gasteiger partial charge in [0.2, 0.25) is 5.91 Å². The molecule has 0 spiro atoms. The van der Waals surface area contributed by atoms with Gasteiger partial charge in [0.1, 0.15) is 0 Å². The van der Waals surface area contributed by atoms with E-state index in [4.69, 9.17) is 17.3 Å². The minimum Gasteiger partial charge on any atom is -0.376 e. The molecule has 0 unspecified atom stereocenters. The molecular formula is C14H22ClN3O. The number of rotatable bonds is 6. The van der Waals surface area contributed by atoms with Crippen molar-refractivity contribution >= 4 is 28.9 Å². The Bertz CT molecular complexity index is 435. The molecule has 4 nitrogen and oxygen atoms in total. The Morgan fingerprint density at radius 2 is 2.16 bits per heavy atom. The highest BCUT2D eigenvalue weighted by Gasteiger charge is 2.15. The molecule has 0 saturated carbocycles. The Kier molecular flexibility index (Phi) is 6.12. The average Bonchev–Trinajstić information content (AvgIpc) is 2.35. The Balaban J connectivity index is 2.80. The molecule has 0 heterocycles. The minimum absolute atomic E-state index is 0.168. The molecule has 0 radical (unpaired) electrons. The molecule has 3 N–H and O–H groups in total. The highest BCUT2D eigenvalue weighted by molar-refractivity contribution is 6.31. The van der Waals surface area contributed by atoms with E-state index in [1.165, 1.54) is 0 Å². The Morgan fingerprint density at radius 3 is 2.74 bits per heavy atom. The van der Waals surface area contributed by atoms with Gasteiger partial charge in [-0.15, -0.1) is 0 Å². The first-order chi connectivity index (χ1) is 8.95. The zero-order chi connectivity index (χ0) is 14.4. The van der Waals surface area contributed by atoms with Crippen molar-refractivity contribution in [3.8, 4) is 0 Å². The third-order valence-electron chi connectivity index (χ3n) is 2.90. The molecule has 0 saturated heterocycles. The van der Waals surface area contributed by atoms with E-state index in [1.54, 1.807) is 12.1 Å². The quantitative estimate of drug-likeness (QED) is 0.844. The van der Waals surface area contributed by atoms with Crippen molar-refractivity contribution in [2.45, 2.75) is 32.2 Å². The lowest BCUT2D eigenvalue weighted by Gasteiger charge is -2.19. The number of amides is 1. The van der Waals surface area contributed by atoms with Crippen LogP contribution in [-0.2, 0) is 4.79 Å². The van der Waals surface area contributed by atoms with Gasteiger partial charge in [0.05, 0.1) is 17.4 Å². The summed E-state index contributed by atoms with van der Waals surface area (Å²) in [6.07, 6.45) is 2.67. The number of carbonyl (C=O) groups excluding carboxylic acids is 1. The summed E-state index contributed by atoms with van der Waals surface area (Å²) >= 11 is 5.97. The number of halogens is 1. The van der Waals surface area contributed by atoms with Crippen molar-refractivity contribution in [2.75, 3.05) is 24.3 Å². The summed E-state index contributed by atoms with van der Waals surface area (Å²) in [4.78, 5) is 13.9. The molecular weight excluding hydrogens is 262 g/mol. The standard InChI is InChI=1S/C14H22ClN3O/c1-4-5-6-11(16)14(19)17-12-9-10(15)7-8-13(12)18(2)3/h7-9,11H,4-6,16H2,1-3H3,(H,17,19)/t11-/m0/s1. The Labute approximate surface area is 119 Å².